The molecule has 0 spiro atoms. The molecule has 0 atom stereocenters. The average molecular weight is 338 g/mol. The molecule has 1 N–H and O–H groups in total. The van der Waals surface area contributed by atoms with Gasteiger partial charge in [-0.2, -0.15) is 0 Å². The van der Waals surface area contributed by atoms with Crippen molar-refractivity contribution in [2.24, 2.45) is 0 Å². The van der Waals surface area contributed by atoms with Crippen LogP contribution in [0.2, 0.25) is 0 Å². The minimum absolute atomic E-state index is 0.126. The molecule has 0 saturated heterocycles. The Labute approximate surface area is 122 Å². The summed E-state index contributed by atoms with van der Waals surface area (Å²) in [6.07, 6.45) is -3.40. The SMILES string of the molecule is Cc1cc(OC(F)(F)F)ccc1S(=O)(=O)Nc1nccs1. The first kappa shape index (κ1) is 15.6. The maximum atomic E-state index is 12.1. The van der Waals surface area contributed by atoms with E-state index in [4.69, 9.17) is 0 Å². The largest absolute Gasteiger partial charge is 0.573 e. The number of alkyl halides is 3. The Morgan fingerprint density at radius 2 is 2.05 bits per heavy atom. The number of hydrogen-bond acceptors (Lipinski definition) is 5. The standard InChI is InChI=1S/C11H9F3N2O3S2/c1-7-6-8(19-11(12,13)14)2-3-9(7)21(17,18)16-10-15-4-5-20-10/h2-6H,1H3,(H,15,16). The highest BCUT2D eigenvalue weighted by Crippen LogP contribution is 2.27. The third kappa shape index (κ3) is 4.08. The van der Waals surface area contributed by atoms with Crippen LogP contribution in [0.3, 0.4) is 0 Å². The number of nitrogens with one attached hydrogen (secondary N) is 1. The number of anilines is 1. The minimum Gasteiger partial charge on any atom is -0.406 e. The van der Waals surface area contributed by atoms with E-state index in [2.05, 4.69) is 14.4 Å². The zero-order valence-electron chi connectivity index (χ0n) is 10.5. The zero-order valence-corrected chi connectivity index (χ0v) is 12.1. The molecule has 1 aromatic heterocycles. The van der Waals surface area contributed by atoms with Crippen LogP contribution in [0.4, 0.5) is 18.3 Å². The Hall–Kier alpha value is -1.81. The van der Waals surface area contributed by atoms with Crippen LogP contribution in [-0.2, 0) is 10.0 Å². The molecule has 1 aromatic carbocycles. The number of rotatable bonds is 4. The van der Waals surface area contributed by atoms with E-state index in [9.17, 15) is 21.6 Å². The number of ether oxygens (including phenoxy) is 1. The van der Waals surface area contributed by atoms with Gasteiger partial charge in [-0.25, -0.2) is 13.4 Å². The summed E-state index contributed by atoms with van der Waals surface area (Å²) in [4.78, 5) is 3.63. The Morgan fingerprint density at radius 3 is 2.57 bits per heavy atom. The molecule has 0 bridgehead atoms. The van der Waals surface area contributed by atoms with E-state index in [1.807, 2.05) is 0 Å². The second-order valence-electron chi connectivity index (χ2n) is 3.92. The molecule has 2 aromatic rings. The summed E-state index contributed by atoms with van der Waals surface area (Å²) in [6.45, 7) is 1.37. The molecule has 0 fully saturated rings. The van der Waals surface area contributed by atoms with E-state index >= 15 is 0 Å². The normalized spacial score (nSPS) is 12.2. The highest BCUT2D eigenvalue weighted by molar-refractivity contribution is 7.93. The molecule has 0 unspecified atom stereocenters. The second-order valence-corrected chi connectivity index (χ2v) is 6.46. The summed E-state index contributed by atoms with van der Waals surface area (Å²) in [5.74, 6) is -0.479. The van der Waals surface area contributed by atoms with E-state index in [1.54, 1.807) is 5.38 Å². The predicted octanol–water partition coefficient (Wildman–Crippen LogP) is 3.15. The minimum atomic E-state index is -4.83. The summed E-state index contributed by atoms with van der Waals surface area (Å²) < 4.78 is 66.5. The van der Waals surface area contributed by atoms with Gasteiger partial charge >= 0.3 is 6.36 Å². The van der Waals surface area contributed by atoms with Crippen LogP contribution < -0.4 is 9.46 Å². The lowest BCUT2D eigenvalue weighted by molar-refractivity contribution is -0.274. The monoisotopic (exact) mass is 338 g/mol. The summed E-state index contributed by atoms with van der Waals surface area (Å²) in [6, 6.07) is 2.99. The van der Waals surface area contributed by atoms with Crippen LogP contribution in [0.25, 0.3) is 0 Å². The maximum absolute atomic E-state index is 12.1. The number of hydrogen-bond donors (Lipinski definition) is 1. The van der Waals surface area contributed by atoms with Gasteiger partial charge in [-0.15, -0.1) is 24.5 Å². The van der Waals surface area contributed by atoms with Crippen LogP contribution in [-0.4, -0.2) is 19.8 Å². The number of sulfonamides is 1. The second kappa shape index (κ2) is 5.53. The lowest BCUT2D eigenvalue weighted by Gasteiger charge is -2.12. The third-order valence-corrected chi connectivity index (χ3v) is 4.64. The van der Waals surface area contributed by atoms with Crippen molar-refractivity contribution in [3.63, 3.8) is 0 Å². The number of halogens is 3. The smallest absolute Gasteiger partial charge is 0.406 e. The van der Waals surface area contributed by atoms with Gasteiger partial charge in [-0.1, -0.05) is 0 Å². The zero-order chi connectivity index (χ0) is 15.7. The average Bonchev–Trinajstić information content (AvgIpc) is 2.78. The van der Waals surface area contributed by atoms with Crippen LogP contribution in [0, 0.1) is 6.92 Å². The van der Waals surface area contributed by atoms with Crippen LogP contribution >= 0.6 is 11.3 Å². The molecule has 0 aliphatic carbocycles. The fourth-order valence-corrected chi connectivity index (χ4v) is 3.58. The Bertz CT molecular complexity index is 728. The molecule has 114 valence electrons. The van der Waals surface area contributed by atoms with Crippen molar-refractivity contribution in [3.05, 3.63) is 35.3 Å². The van der Waals surface area contributed by atoms with Gasteiger partial charge in [-0.05, 0) is 30.7 Å². The molecule has 0 aliphatic rings. The van der Waals surface area contributed by atoms with Crippen molar-refractivity contribution in [1.82, 2.24) is 4.98 Å². The topological polar surface area (TPSA) is 68.3 Å². The number of benzene rings is 1. The molecule has 2 rings (SSSR count). The quantitative estimate of drug-likeness (QED) is 0.930. The molecule has 0 aliphatic heterocycles. The highest BCUT2D eigenvalue weighted by Gasteiger charge is 2.31. The van der Waals surface area contributed by atoms with E-state index in [0.717, 1.165) is 29.5 Å². The van der Waals surface area contributed by atoms with Crippen LogP contribution in [0.1, 0.15) is 5.56 Å². The molecular weight excluding hydrogens is 329 g/mol. The van der Waals surface area contributed by atoms with Gasteiger partial charge in [-0.3, -0.25) is 4.72 Å². The van der Waals surface area contributed by atoms with Crippen molar-refractivity contribution in [1.29, 1.82) is 0 Å². The molecule has 10 heteroatoms. The predicted molar refractivity (Wildman–Crippen MR) is 70.8 cm³/mol. The molecule has 1 heterocycles. The van der Waals surface area contributed by atoms with Gasteiger partial charge in [0, 0.05) is 11.6 Å². The van der Waals surface area contributed by atoms with E-state index in [-0.39, 0.29) is 15.6 Å². The van der Waals surface area contributed by atoms with Crippen molar-refractivity contribution in [2.45, 2.75) is 18.2 Å². The lowest BCUT2D eigenvalue weighted by Crippen LogP contribution is -2.18. The van der Waals surface area contributed by atoms with E-state index in [0.29, 0.717) is 0 Å². The molecule has 21 heavy (non-hydrogen) atoms. The van der Waals surface area contributed by atoms with E-state index < -0.39 is 22.1 Å². The van der Waals surface area contributed by atoms with Crippen molar-refractivity contribution >= 4 is 26.5 Å². The van der Waals surface area contributed by atoms with Gasteiger partial charge in [0.25, 0.3) is 10.0 Å². The van der Waals surface area contributed by atoms with E-state index in [1.165, 1.54) is 13.1 Å². The van der Waals surface area contributed by atoms with Crippen LogP contribution in [0.5, 0.6) is 5.75 Å². The number of aromatic nitrogens is 1. The fourth-order valence-electron chi connectivity index (χ4n) is 1.56. The maximum Gasteiger partial charge on any atom is 0.573 e. The van der Waals surface area contributed by atoms with Gasteiger partial charge in [0.05, 0.1) is 4.90 Å². The third-order valence-electron chi connectivity index (χ3n) is 2.32. The molecule has 5 nitrogen and oxygen atoms in total. The van der Waals surface area contributed by atoms with Gasteiger partial charge in [0.15, 0.2) is 5.13 Å². The van der Waals surface area contributed by atoms with Gasteiger partial charge in [0.2, 0.25) is 0 Å². The summed E-state index contributed by atoms with van der Waals surface area (Å²) >= 11 is 1.09. The number of aryl methyl sites for hydroxylation is 1. The van der Waals surface area contributed by atoms with Crippen molar-refractivity contribution < 1.29 is 26.3 Å². The Balaban J connectivity index is 2.28. The molecule has 0 saturated carbocycles. The summed E-state index contributed by atoms with van der Waals surface area (Å²) in [5, 5.41) is 1.76. The molecule has 0 amide bonds. The number of thiazole rings is 1. The first-order chi connectivity index (χ1) is 9.67. The lowest BCUT2D eigenvalue weighted by atomic mass is 10.2. The molecular formula is C11H9F3N2O3S2. The highest BCUT2D eigenvalue weighted by atomic mass is 32.2. The first-order valence-electron chi connectivity index (χ1n) is 5.46. The molecule has 0 radical (unpaired) electrons. The first-order valence-corrected chi connectivity index (χ1v) is 7.82. The Kier molecular flexibility index (Phi) is 4.10. The fraction of sp³-hybridized carbons (Fsp3) is 0.182. The van der Waals surface area contributed by atoms with Gasteiger partial charge < -0.3 is 4.74 Å². The van der Waals surface area contributed by atoms with Crippen molar-refractivity contribution in [2.75, 3.05) is 4.72 Å². The summed E-state index contributed by atoms with van der Waals surface area (Å²) in [5.41, 5.74) is 0.126. The number of nitrogens with zero attached hydrogens (tertiary/aromatic N) is 1. The van der Waals surface area contributed by atoms with Crippen molar-refractivity contribution in [3.8, 4) is 5.75 Å². The Morgan fingerprint density at radius 1 is 1.33 bits per heavy atom. The summed E-state index contributed by atoms with van der Waals surface area (Å²) in [7, 11) is -3.91. The van der Waals surface area contributed by atoms with Crippen LogP contribution in [0.15, 0.2) is 34.7 Å². The van der Waals surface area contributed by atoms with Gasteiger partial charge in [0.1, 0.15) is 5.75 Å².